The highest BCUT2D eigenvalue weighted by molar-refractivity contribution is 5.92. The smallest absolute Gasteiger partial charge is 0.272 e. The number of aromatic nitrogens is 5. The summed E-state index contributed by atoms with van der Waals surface area (Å²) in [7, 11) is 0. The van der Waals surface area contributed by atoms with Crippen LogP contribution in [0.5, 0.6) is 5.88 Å². The fraction of sp³-hybridized carbons (Fsp3) is 0.350. The van der Waals surface area contributed by atoms with Gasteiger partial charge in [0.1, 0.15) is 18.1 Å². The second-order valence-electron chi connectivity index (χ2n) is 6.92. The molecule has 156 valence electrons. The first-order valence-corrected chi connectivity index (χ1v) is 9.62. The summed E-state index contributed by atoms with van der Waals surface area (Å²) in [5, 5.41) is 19.0. The van der Waals surface area contributed by atoms with Crippen molar-refractivity contribution in [3.05, 3.63) is 59.3 Å². The summed E-state index contributed by atoms with van der Waals surface area (Å²) in [5.41, 5.74) is 2.27. The molecule has 0 unspecified atom stereocenters. The lowest BCUT2D eigenvalue weighted by Crippen LogP contribution is -2.39. The number of benzene rings is 1. The van der Waals surface area contributed by atoms with Gasteiger partial charge in [0.05, 0.1) is 11.4 Å². The van der Waals surface area contributed by atoms with Crippen molar-refractivity contribution >= 4 is 5.91 Å². The highest BCUT2D eigenvalue weighted by atomic mass is 19.1. The molecule has 1 N–H and O–H groups in total. The second kappa shape index (κ2) is 8.95. The molecule has 1 saturated heterocycles. The Kier molecular flexibility index (Phi) is 5.94. The van der Waals surface area contributed by atoms with Crippen LogP contribution in [0.1, 0.15) is 34.7 Å². The fourth-order valence-corrected chi connectivity index (χ4v) is 3.09. The molecule has 3 heterocycles. The van der Waals surface area contributed by atoms with Gasteiger partial charge < -0.3 is 14.8 Å². The molecule has 0 saturated carbocycles. The Morgan fingerprint density at radius 3 is 2.63 bits per heavy atom. The molecule has 0 bridgehead atoms. The molecule has 0 spiro atoms. The zero-order chi connectivity index (χ0) is 20.9. The Bertz CT molecular complexity index is 1000. The summed E-state index contributed by atoms with van der Waals surface area (Å²) in [6, 6.07) is 9.18. The van der Waals surface area contributed by atoms with Crippen LogP contribution in [0.4, 0.5) is 4.39 Å². The third-order valence-corrected chi connectivity index (χ3v) is 4.81. The molecule has 4 rings (SSSR count). The normalized spacial score (nSPS) is 14.5. The zero-order valence-electron chi connectivity index (χ0n) is 16.4. The van der Waals surface area contributed by atoms with Gasteiger partial charge in [-0.3, -0.25) is 4.79 Å². The van der Waals surface area contributed by atoms with Gasteiger partial charge in [0.2, 0.25) is 5.88 Å². The number of hydrogen-bond donors (Lipinski definition) is 1. The molecule has 1 fully saturated rings. The monoisotopic (exact) mass is 412 g/mol. The molecule has 1 aliphatic rings. The third-order valence-electron chi connectivity index (χ3n) is 4.81. The molecule has 0 aliphatic carbocycles. The molecule has 10 heteroatoms. The van der Waals surface area contributed by atoms with Gasteiger partial charge in [0.15, 0.2) is 5.69 Å². The number of hydrogen-bond acceptors (Lipinski definition) is 7. The van der Waals surface area contributed by atoms with Crippen molar-refractivity contribution < 1.29 is 18.7 Å². The minimum atomic E-state index is -0.329. The number of rotatable bonds is 6. The van der Waals surface area contributed by atoms with E-state index in [0.29, 0.717) is 30.3 Å². The van der Waals surface area contributed by atoms with E-state index in [-0.39, 0.29) is 35.9 Å². The number of carbonyl (C=O) groups is 1. The van der Waals surface area contributed by atoms with Crippen molar-refractivity contribution in [3.8, 4) is 11.6 Å². The Morgan fingerprint density at radius 2 is 1.93 bits per heavy atom. The summed E-state index contributed by atoms with van der Waals surface area (Å²) >= 11 is 0. The first kappa shape index (κ1) is 19.9. The van der Waals surface area contributed by atoms with E-state index in [1.54, 1.807) is 35.9 Å². The van der Waals surface area contributed by atoms with Crippen LogP contribution in [0, 0.1) is 12.7 Å². The van der Waals surface area contributed by atoms with E-state index >= 15 is 0 Å². The lowest BCUT2D eigenvalue weighted by atomic mass is 10.1. The number of carbonyl (C=O) groups excluding carboxylic acids is 1. The van der Waals surface area contributed by atoms with Gasteiger partial charge >= 0.3 is 0 Å². The number of nitrogens with one attached hydrogen (secondary N) is 1. The zero-order valence-corrected chi connectivity index (χ0v) is 16.4. The van der Waals surface area contributed by atoms with Crippen molar-refractivity contribution in [1.29, 1.82) is 0 Å². The Morgan fingerprint density at radius 1 is 1.17 bits per heavy atom. The first-order chi connectivity index (χ1) is 14.6. The number of ether oxygens (including phenoxy) is 2. The van der Waals surface area contributed by atoms with Crippen molar-refractivity contribution in [1.82, 2.24) is 30.5 Å². The van der Waals surface area contributed by atoms with Gasteiger partial charge in [0, 0.05) is 25.3 Å². The van der Waals surface area contributed by atoms with Crippen LogP contribution in [0.2, 0.25) is 0 Å². The van der Waals surface area contributed by atoms with Crippen molar-refractivity contribution in [2.24, 2.45) is 0 Å². The van der Waals surface area contributed by atoms with Crippen LogP contribution >= 0.6 is 0 Å². The maximum absolute atomic E-state index is 13.2. The van der Waals surface area contributed by atoms with Crippen LogP contribution < -0.4 is 10.1 Å². The molecule has 1 amide bonds. The predicted octanol–water partition coefficient (Wildman–Crippen LogP) is 1.99. The van der Waals surface area contributed by atoms with Gasteiger partial charge in [0.25, 0.3) is 5.91 Å². The summed E-state index contributed by atoms with van der Waals surface area (Å²) in [5.74, 6) is -0.330. The van der Waals surface area contributed by atoms with Crippen LogP contribution in [0.25, 0.3) is 5.69 Å². The van der Waals surface area contributed by atoms with Crippen molar-refractivity contribution in [2.45, 2.75) is 32.4 Å². The molecule has 2 aromatic heterocycles. The Balaban J connectivity index is 1.39. The SMILES string of the molecule is Cc1nnn(-c2ccc(F)cc2)c1COc1ccc(C(=O)NC2CCOCC2)nn1. The molecule has 9 nitrogen and oxygen atoms in total. The van der Waals surface area contributed by atoms with Gasteiger partial charge in [-0.05, 0) is 50.1 Å². The van der Waals surface area contributed by atoms with E-state index in [1.165, 1.54) is 12.1 Å². The highest BCUT2D eigenvalue weighted by Crippen LogP contribution is 2.16. The maximum Gasteiger partial charge on any atom is 0.272 e. The van der Waals surface area contributed by atoms with E-state index in [0.717, 1.165) is 12.8 Å². The lowest BCUT2D eigenvalue weighted by molar-refractivity contribution is 0.0693. The van der Waals surface area contributed by atoms with Crippen LogP contribution in [0.3, 0.4) is 0 Å². The van der Waals surface area contributed by atoms with Crippen LogP contribution in [-0.2, 0) is 11.3 Å². The molecule has 1 aliphatic heterocycles. The standard InChI is InChI=1S/C20H21FN6O3/c1-13-18(27(26-23-13)16-4-2-14(21)3-5-16)12-30-19-7-6-17(24-25-19)20(28)22-15-8-10-29-11-9-15/h2-7,15H,8-12H2,1H3,(H,22,28). The van der Waals surface area contributed by atoms with Gasteiger partial charge in [-0.2, -0.15) is 0 Å². The minimum Gasteiger partial charge on any atom is -0.470 e. The van der Waals surface area contributed by atoms with E-state index in [4.69, 9.17) is 9.47 Å². The van der Waals surface area contributed by atoms with E-state index in [2.05, 4.69) is 25.8 Å². The number of amides is 1. The lowest BCUT2D eigenvalue weighted by Gasteiger charge is -2.22. The quantitative estimate of drug-likeness (QED) is 0.660. The van der Waals surface area contributed by atoms with Crippen LogP contribution in [0.15, 0.2) is 36.4 Å². The second-order valence-corrected chi connectivity index (χ2v) is 6.92. The minimum absolute atomic E-state index is 0.0891. The molecule has 1 aromatic carbocycles. The van der Waals surface area contributed by atoms with E-state index in [1.807, 2.05) is 0 Å². The van der Waals surface area contributed by atoms with Gasteiger partial charge in [-0.25, -0.2) is 9.07 Å². The average Bonchev–Trinajstić information content (AvgIpc) is 3.14. The molecular weight excluding hydrogens is 391 g/mol. The number of halogens is 1. The topological polar surface area (TPSA) is 104 Å². The van der Waals surface area contributed by atoms with Gasteiger partial charge in [-0.15, -0.1) is 15.3 Å². The van der Waals surface area contributed by atoms with Crippen molar-refractivity contribution in [2.75, 3.05) is 13.2 Å². The third kappa shape index (κ3) is 4.60. The molecule has 3 aromatic rings. The number of aryl methyl sites for hydroxylation is 1. The summed E-state index contributed by atoms with van der Waals surface area (Å²) in [6.45, 7) is 3.23. The Labute approximate surface area is 172 Å². The summed E-state index contributed by atoms with van der Waals surface area (Å²) < 4.78 is 25.8. The van der Waals surface area contributed by atoms with Crippen LogP contribution in [-0.4, -0.2) is 50.4 Å². The predicted molar refractivity (Wildman–Crippen MR) is 104 cm³/mol. The van der Waals surface area contributed by atoms with E-state index in [9.17, 15) is 9.18 Å². The van der Waals surface area contributed by atoms with E-state index < -0.39 is 0 Å². The maximum atomic E-state index is 13.2. The number of nitrogens with zero attached hydrogens (tertiary/aromatic N) is 5. The largest absolute Gasteiger partial charge is 0.470 e. The highest BCUT2D eigenvalue weighted by Gasteiger charge is 2.18. The fourth-order valence-electron chi connectivity index (χ4n) is 3.09. The average molecular weight is 412 g/mol. The molecule has 30 heavy (non-hydrogen) atoms. The summed E-state index contributed by atoms with van der Waals surface area (Å²) in [4.78, 5) is 12.3. The molecule has 0 atom stereocenters. The summed E-state index contributed by atoms with van der Waals surface area (Å²) in [6.07, 6.45) is 1.57. The first-order valence-electron chi connectivity index (χ1n) is 9.62. The molecule has 0 radical (unpaired) electrons. The van der Waals surface area contributed by atoms with Gasteiger partial charge in [-0.1, -0.05) is 5.21 Å². The molecular formula is C20H21FN6O3. The Hall–Kier alpha value is -3.40. The van der Waals surface area contributed by atoms with Crippen molar-refractivity contribution in [3.63, 3.8) is 0 Å².